The molecule has 0 saturated heterocycles. The Hall–Kier alpha value is -1.03. The molecule has 4 nitrogen and oxygen atoms in total. The van der Waals surface area contributed by atoms with Crippen LogP contribution >= 0.6 is 11.6 Å². The zero-order valence-corrected chi connectivity index (χ0v) is 8.38. The molecule has 0 saturated carbocycles. The van der Waals surface area contributed by atoms with Gasteiger partial charge in [-0.1, -0.05) is 0 Å². The van der Waals surface area contributed by atoms with Crippen LogP contribution in [-0.2, 0) is 0 Å². The first kappa shape index (κ1) is 10.1. The highest BCUT2D eigenvalue weighted by Gasteiger charge is 2.08. The van der Waals surface area contributed by atoms with Gasteiger partial charge in [0.25, 0.3) is 5.56 Å². The molecule has 0 aliphatic carbocycles. The van der Waals surface area contributed by atoms with Gasteiger partial charge in [0.2, 0.25) is 0 Å². The lowest BCUT2D eigenvalue weighted by molar-refractivity contribution is 0.833. The fourth-order valence-electron chi connectivity index (χ4n) is 1.08. The van der Waals surface area contributed by atoms with E-state index >= 15 is 0 Å². The van der Waals surface area contributed by atoms with Crippen molar-refractivity contribution in [1.29, 1.82) is 0 Å². The summed E-state index contributed by atoms with van der Waals surface area (Å²) in [5, 5.41) is -0.00796. The van der Waals surface area contributed by atoms with Crippen molar-refractivity contribution in [2.75, 3.05) is 18.5 Å². The van der Waals surface area contributed by atoms with Gasteiger partial charge in [-0.05, 0) is 6.92 Å². The van der Waals surface area contributed by atoms with Crippen LogP contribution in [-0.4, -0.2) is 28.9 Å². The second-order valence-corrected chi connectivity index (χ2v) is 3.65. The van der Waals surface area contributed by atoms with Gasteiger partial charge < -0.3 is 9.88 Å². The molecule has 0 spiro atoms. The zero-order chi connectivity index (χ0) is 9.84. The molecule has 0 amide bonds. The summed E-state index contributed by atoms with van der Waals surface area (Å²) in [4.78, 5) is 19.5. The molecule has 1 N–H and O–H groups in total. The van der Waals surface area contributed by atoms with Crippen LogP contribution in [0.5, 0.6) is 0 Å². The Morgan fingerprint density at radius 2 is 2.46 bits per heavy atom. The molecule has 0 bridgehead atoms. The second-order valence-electron chi connectivity index (χ2n) is 2.90. The molecule has 1 aromatic rings. The van der Waals surface area contributed by atoms with Crippen LogP contribution in [0.2, 0.25) is 0 Å². The minimum absolute atomic E-state index is 0.00796. The molecule has 1 aromatic heterocycles. The number of H-pyrrole nitrogens is 1. The summed E-state index contributed by atoms with van der Waals surface area (Å²) < 4.78 is 0. The Morgan fingerprint density at radius 3 is 3.00 bits per heavy atom. The number of aromatic nitrogens is 2. The number of rotatable bonds is 3. The van der Waals surface area contributed by atoms with Crippen molar-refractivity contribution in [3.8, 4) is 0 Å². The number of nitrogens with one attached hydrogen (secondary N) is 1. The highest BCUT2D eigenvalue weighted by Crippen LogP contribution is 2.03. The molecule has 72 valence electrons. The fraction of sp³-hybridized carbons (Fsp3) is 0.500. The normalized spacial score (nSPS) is 12.5. The van der Waals surface area contributed by atoms with E-state index in [0.29, 0.717) is 12.4 Å². The van der Waals surface area contributed by atoms with Crippen LogP contribution in [0.15, 0.2) is 17.2 Å². The third kappa shape index (κ3) is 2.73. The number of anilines is 1. The molecule has 0 fully saturated rings. The van der Waals surface area contributed by atoms with Crippen LogP contribution in [0.1, 0.15) is 6.92 Å². The number of hydrogen-bond acceptors (Lipinski definition) is 3. The van der Waals surface area contributed by atoms with Crippen LogP contribution in [0.3, 0.4) is 0 Å². The largest absolute Gasteiger partial charge is 0.354 e. The Kier molecular flexibility index (Phi) is 3.31. The van der Waals surface area contributed by atoms with E-state index in [0.717, 1.165) is 0 Å². The average Bonchev–Trinajstić information content (AvgIpc) is 2.03. The summed E-state index contributed by atoms with van der Waals surface area (Å²) >= 11 is 5.79. The standard InChI is InChI=1S/C8H12ClN3O/c1-6(9)5-12(2)7-8(13)11-4-3-10-7/h3-4,6H,5H2,1-2H3,(H,11,13). The minimum Gasteiger partial charge on any atom is -0.354 e. The average molecular weight is 202 g/mol. The molecule has 1 rings (SSSR count). The highest BCUT2D eigenvalue weighted by molar-refractivity contribution is 6.20. The van der Waals surface area contributed by atoms with Crippen molar-refractivity contribution in [3.05, 3.63) is 22.7 Å². The molecule has 1 unspecified atom stereocenters. The summed E-state index contributed by atoms with van der Waals surface area (Å²) in [7, 11) is 1.79. The predicted octanol–water partition coefficient (Wildman–Crippen LogP) is 0.833. The molecule has 1 atom stereocenters. The number of hydrogen-bond donors (Lipinski definition) is 1. The van der Waals surface area contributed by atoms with E-state index < -0.39 is 0 Å². The Balaban J connectivity index is 2.83. The van der Waals surface area contributed by atoms with E-state index in [9.17, 15) is 4.79 Å². The Morgan fingerprint density at radius 1 is 1.77 bits per heavy atom. The van der Waals surface area contributed by atoms with Crippen LogP contribution in [0.4, 0.5) is 5.82 Å². The van der Waals surface area contributed by atoms with Crippen LogP contribution in [0, 0.1) is 0 Å². The van der Waals surface area contributed by atoms with Crippen molar-refractivity contribution in [2.45, 2.75) is 12.3 Å². The van der Waals surface area contributed by atoms with Crippen LogP contribution < -0.4 is 10.5 Å². The number of aromatic amines is 1. The van der Waals surface area contributed by atoms with E-state index in [4.69, 9.17) is 11.6 Å². The summed E-state index contributed by atoms with van der Waals surface area (Å²) in [6.45, 7) is 2.47. The molecule has 0 aliphatic heterocycles. The van der Waals surface area contributed by atoms with E-state index in [-0.39, 0.29) is 10.9 Å². The summed E-state index contributed by atoms with van der Waals surface area (Å²) in [5.41, 5.74) is -0.192. The second kappa shape index (κ2) is 4.28. The first-order valence-corrected chi connectivity index (χ1v) is 4.44. The minimum atomic E-state index is -0.192. The molecular formula is C8H12ClN3O. The third-order valence-corrected chi connectivity index (χ3v) is 1.71. The van der Waals surface area contributed by atoms with E-state index in [1.54, 1.807) is 18.1 Å². The lowest BCUT2D eigenvalue weighted by Gasteiger charge is -2.17. The third-order valence-electron chi connectivity index (χ3n) is 1.58. The summed E-state index contributed by atoms with van der Waals surface area (Å²) in [5.74, 6) is 0.398. The zero-order valence-electron chi connectivity index (χ0n) is 7.62. The van der Waals surface area contributed by atoms with Gasteiger partial charge in [0, 0.05) is 31.4 Å². The lowest BCUT2D eigenvalue weighted by atomic mass is 10.4. The maximum Gasteiger partial charge on any atom is 0.290 e. The maximum absolute atomic E-state index is 11.2. The molecule has 13 heavy (non-hydrogen) atoms. The van der Waals surface area contributed by atoms with E-state index in [1.165, 1.54) is 6.20 Å². The SMILES string of the molecule is CC(Cl)CN(C)c1ncc[nH]c1=O. The first-order chi connectivity index (χ1) is 6.11. The van der Waals surface area contributed by atoms with Gasteiger partial charge >= 0.3 is 0 Å². The first-order valence-electron chi connectivity index (χ1n) is 4.00. The van der Waals surface area contributed by atoms with Gasteiger partial charge in [0.15, 0.2) is 5.82 Å². The van der Waals surface area contributed by atoms with Crippen molar-refractivity contribution in [3.63, 3.8) is 0 Å². The van der Waals surface area contributed by atoms with Crippen molar-refractivity contribution < 1.29 is 0 Å². The molecule has 1 heterocycles. The lowest BCUT2D eigenvalue weighted by Crippen LogP contribution is -2.30. The topological polar surface area (TPSA) is 49.0 Å². The van der Waals surface area contributed by atoms with E-state index in [2.05, 4.69) is 9.97 Å². The summed E-state index contributed by atoms with van der Waals surface area (Å²) in [6, 6.07) is 0. The Labute approximate surface area is 81.6 Å². The monoisotopic (exact) mass is 201 g/mol. The van der Waals surface area contributed by atoms with Gasteiger partial charge in [-0.25, -0.2) is 4.98 Å². The molecule has 0 aromatic carbocycles. The van der Waals surface area contributed by atoms with E-state index in [1.807, 2.05) is 6.92 Å². The number of halogens is 1. The fourth-order valence-corrected chi connectivity index (χ4v) is 1.29. The highest BCUT2D eigenvalue weighted by atomic mass is 35.5. The molecule has 0 aliphatic rings. The number of nitrogens with zero attached hydrogens (tertiary/aromatic N) is 2. The van der Waals surface area contributed by atoms with Crippen molar-refractivity contribution in [1.82, 2.24) is 9.97 Å². The smallest absolute Gasteiger partial charge is 0.290 e. The molecule has 0 radical (unpaired) electrons. The molecule has 5 heteroatoms. The van der Waals surface area contributed by atoms with Gasteiger partial charge in [-0.15, -0.1) is 11.6 Å². The quantitative estimate of drug-likeness (QED) is 0.738. The predicted molar refractivity (Wildman–Crippen MR) is 53.4 cm³/mol. The Bertz CT molecular complexity index is 323. The maximum atomic E-state index is 11.2. The van der Waals surface area contributed by atoms with Gasteiger partial charge in [0.05, 0.1) is 0 Å². The van der Waals surface area contributed by atoms with Crippen molar-refractivity contribution >= 4 is 17.4 Å². The van der Waals surface area contributed by atoms with Gasteiger partial charge in [0.1, 0.15) is 0 Å². The van der Waals surface area contributed by atoms with Gasteiger partial charge in [-0.2, -0.15) is 0 Å². The number of alkyl halides is 1. The summed E-state index contributed by atoms with van der Waals surface area (Å²) in [6.07, 6.45) is 3.05. The van der Waals surface area contributed by atoms with Crippen molar-refractivity contribution in [2.24, 2.45) is 0 Å². The molecular weight excluding hydrogens is 190 g/mol. The van der Waals surface area contributed by atoms with Crippen LogP contribution in [0.25, 0.3) is 0 Å². The van der Waals surface area contributed by atoms with Gasteiger partial charge in [-0.3, -0.25) is 4.79 Å².